The van der Waals surface area contributed by atoms with Crippen molar-refractivity contribution in [3.8, 4) is 23.3 Å². The van der Waals surface area contributed by atoms with Crippen molar-refractivity contribution >= 4 is 50.2 Å². The number of hydrogen-bond donors (Lipinski definition) is 1. The molecule has 5 heteroatoms. The van der Waals surface area contributed by atoms with Gasteiger partial charge in [0.25, 0.3) is 0 Å². The summed E-state index contributed by atoms with van der Waals surface area (Å²) in [7, 11) is 0. The number of nitrogens with zero attached hydrogens (tertiary/aromatic N) is 2. The van der Waals surface area contributed by atoms with Gasteiger partial charge in [-0.2, -0.15) is 10.5 Å². The quantitative estimate of drug-likeness (QED) is 0.157. The fourth-order valence-corrected chi connectivity index (χ4v) is 6.68. The number of allylic oxidation sites excluding steroid dienone is 8. The maximum Gasteiger partial charge on any atom is 0.139 e. The Kier molecular flexibility index (Phi) is 9.06. The lowest BCUT2D eigenvalue weighted by atomic mass is 9.95. The minimum Gasteiger partial charge on any atom is -0.461 e. The number of hydrogen-bond acceptors (Lipinski definition) is 5. The van der Waals surface area contributed by atoms with E-state index in [0.717, 1.165) is 104 Å². The molecular formula is C45H37N3O2. The van der Waals surface area contributed by atoms with Gasteiger partial charge in [0.05, 0.1) is 22.9 Å². The highest BCUT2D eigenvalue weighted by atomic mass is 16.3. The van der Waals surface area contributed by atoms with E-state index in [-0.39, 0.29) is 0 Å². The molecule has 1 aliphatic rings. The summed E-state index contributed by atoms with van der Waals surface area (Å²) in [6.45, 7) is 6.19. The lowest BCUT2D eigenvalue weighted by Gasteiger charge is -2.20. The fraction of sp³-hybridized carbons (Fsp3) is 0.156. The first kappa shape index (κ1) is 32.3. The lowest BCUT2D eigenvalue weighted by Crippen LogP contribution is -2.07. The smallest absolute Gasteiger partial charge is 0.139 e. The van der Waals surface area contributed by atoms with Crippen LogP contribution in [0.3, 0.4) is 0 Å². The molecule has 2 heterocycles. The van der Waals surface area contributed by atoms with Crippen LogP contribution in [0.15, 0.2) is 129 Å². The van der Waals surface area contributed by atoms with Gasteiger partial charge in [0.1, 0.15) is 28.6 Å². The van der Waals surface area contributed by atoms with Crippen LogP contribution in [0.25, 0.3) is 55.7 Å². The molecule has 0 spiro atoms. The highest BCUT2D eigenvalue weighted by Gasteiger charge is 2.18. The average molecular weight is 652 g/mol. The van der Waals surface area contributed by atoms with Gasteiger partial charge in [-0.25, -0.2) is 0 Å². The molecule has 0 fully saturated rings. The highest BCUT2D eigenvalue weighted by Crippen LogP contribution is 2.40. The van der Waals surface area contributed by atoms with E-state index in [1.807, 2.05) is 55.5 Å². The molecule has 6 aromatic rings. The first-order valence-corrected chi connectivity index (χ1v) is 17.1. The van der Waals surface area contributed by atoms with E-state index in [4.69, 9.17) is 8.83 Å². The number of anilines is 1. The Morgan fingerprint density at radius 3 is 2.46 bits per heavy atom. The van der Waals surface area contributed by atoms with Crippen molar-refractivity contribution in [3.05, 3.63) is 149 Å². The Morgan fingerprint density at radius 2 is 1.66 bits per heavy atom. The summed E-state index contributed by atoms with van der Waals surface area (Å²) in [4.78, 5) is 0. The molecule has 1 N–H and O–H groups in total. The van der Waals surface area contributed by atoms with Gasteiger partial charge >= 0.3 is 0 Å². The molecule has 2 aromatic heterocycles. The second-order valence-electron chi connectivity index (χ2n) is 12.6. The largest absolute Gasteiger partial charge is 0.461 e. The normalized spacial score (nSPS) is 13.7. The summed E-state index contributed by atoms with van der Waals surface area (Å²) in [6.07, 6.45) is 18.9. The van der Waals surface area contributed by atoms with Gasteiger partial charge in [0.2, 0.25) is 0 Å². The van der Waals surface area contributed by atoms with E-state index in [0.29, 0.717) is 11.1 Å². The van der Waals surface area contributed by atoms with Gasteiger partial charge in [0.15, 0.2) is 0 Å². The Balaban J connectivity index is 1.30. The van der Waals surface area contributed by atoms with Crippen molar-refractivity contribution < 1.29 is 8.83 Å². The van der Waals surface area contributed by atoms with Gasteiger partial charge in [-0.05, 0) is 110 Å². The molecule has 0 unspecified atom stereocenters. The molecule has 0 saturated carbocycles. The van der Waals surface area contributed by atoms with Gasteiger partial charge in [-0.3, -0.25) is 0 Å². The SMILES string of the molecule is CC/C=C\C=C/CC1=C(Nc2c(C#N)cccc2-c2ccc3oc4cc5oc(C)c(/C=C(\C)c6ccc(C#N)cc6)c5cc4c3c2)C=CCC1. The van der Waals surface area contributed by atoms with Crippen LogP contribution in [0, 0.1) is 29.6 Å². The predicted molar refractivity (Wildman–Crippen MR) is 205 cm³/mol. The number of rotatable bonds is 9. The van der Waals surface area contributed by atoms with E-state index < -0.39 is 0 Å². The summed E-state index contributed by atoms with van der Waals surface area (Å²) in [5.41, 5.74) is 11.8. The number of furan rings is 2. The Morgan fingerprint density at radius 1 is 0.860 bits per heavy atom. The zero-order valence-electron chi connectivity index (χ0n) is 28.5. The van der Waals surface area contributed by atoms with Gasteiger partial charge in [0, 0.05) is 39.0 Å². The molecule has 4 aromatic carbocycles. The van der Waals surface area contributed by atoms with Gasteiger partial charge in [-0.1, -0.05) is 67.6 Å². The monoisotopic (exact) mass is 651 g/mol. The number of aryl methyl sites for hydroxylation is 1. The standard InChI is InChI=1S/C45H37N3O2/c1-4-5-6-7-8-12-33-13-9-10-16-41(33)48-45-35(28-47)14-11-15-36(45)34-21-22-42-38(24-34)40-25-39-37(30(3)49-43(39)26-44(40)50-42)23-29(2)32-19-17-31(27-46)18-20-32/h5-8,10-11,14-26,48H,4,9,12-13H2,1-3H3/b6-5-,8-7-,29-23+. The third-order valence-corrected chi connectivity index (χ3v) is 9.35. The fourth-order valence-electron chi connectivity index (χ4n) is 6.68. The zero-order chi connectivity index (χ0) is 34.6. The maximum atomic E-state index is 10.2. The van der Waals surface area contributed by atoms with Crippen molar-refractivity contribution in [2.75, 3.05) is 5.32 Å². The summed E-state index contributed by atoms with van der Waals surface area (Å²) in [6, 6.07) is 28.5. The van der Waals surface area contributed by atoms with E-state index in [9.17, 15) is 10.5 Å². The van der Waals surface area contributed by atoms with Crippen molar-refractivity contribution in [2.45, 2.75) is 46.5 Å². The summed E-state index contributed by atoms with van der Waals surface area (Å²) in [5, 5.41) is 26.1. The number of nitrogens with one attached hydrogen (secondary N) is 1. The molecule has 0 saturated heterocycles. The molecule has 1 aliphatic carbocycles. The topological polar surface area (TPSA) is 85.9 Å². The molecule has 50 heavy (non-hydrogen) atoms. The maximum absolute atomic E-state index is 10.2. The molecule has 0 atom stereocenters. The highest BCUT2D eigenvalue weighted by molar-refractivity contribution is 6.12. The molecule has 0 aliphatic heterocycles. The molecular weight excluding hydrogens is 615 g/mol. The number of fused-ring (bicyclic) bond motifs is 4. The van der Waals surface area contributed by atoms with Crippen molar-refractivity contribution in [2.24, 2.45) is 0 Å². The number of para-hydroxylation sites is 1. The van der Waals surface area contributed by atoms with E-state index in [1.165, 1.54) is 5.57 Å². The lowest BCUT2D eigenvalue weighted by molar-refractivity contribution is 0.576. The van der Waals surface area contributed by atoms with Crippen molar-refractivity contribution in [1.82, 2.24) is 0 Å². The Hall–Kier alpha value is -6.30. The minimum atomic E-state index is 0.594. The zero-order valence-corrected chi connectivity index (χ0v) is 28.5. The first-order valence-electron chi connectivity index (χ1n) is 17.1. The average Bonchev–Trinajstić information content (AvgIpc) is 3.65. The predicted octanol–water partition coefficient (Wildman–Crippen LogP) is 12.5. The molecule has 7 rings (SSSR count). The second-order valence-corrected chi connectivity index (χ2v) is 12.6. The van der Waals surface area contributed by atoms with Crippen LogP contribution >= 0.6 is 0 Å². The molecule has 0 bridgehead atoms. The van der Waals surface area contributed by atoms with E-state index in [1.54, 1.807) is 0 Å². The third-order valence-electron chi connectivity index (χ3n) is 9.35. The molecule has 0 amide bonds. The van der Waals surface area contributed by atoms with E-state index in [2.05, 4.69) is 98.1 Å². The van der Waals surface area contributed by atoms with Crippen LogP contribution in [-0.2, 0) is 0 Å². The molecule has 244 valence electrons. The number of benzene rings is 4. The van der Waals surface area contributed by atoms with Crippen LogP contribution in [0.5, 0.6) is 0 Å². The van der Waals surface area contributed by atoms with Crippen LogP contribution in [0.4, 0.5) is 5.69 Å². The van der Waals surface area contributed by atoms with Gasteiger partial charge in [-0.15, -0.1) is 0 Å². The molecule has 0 radical (unpaired) electrons. The Labute approximate surface area is 292 Å². The summed E-state index contributed by atoms with van der Waals surface area (Å²) >= 11 is 0. The second kappa shape index (κ2) is 14.0. The number of nitriles is 2. The van der Waals surface area contributed by atoms with Crippen molar-refractivity contribution in [3.63, 3.8) is 0 Å². The van der Waals surface area contributed by atoms with E-state index >= 15 is 0 Å². The summed E-state index contributed by atoms with van der Waals surface area (Å²) < 4.78 is 12.6. The molecule has 5 nitrogen and oxygen atoms in total. The first-order chi connectivity index (χ1) is 24.5. The van der Waals surface area contributed by atoms with Crippen LogP contribution in [0.2, 0.25) is 0 Å². The Bertz CT molecular complexity index is 2500. The summed E-state index contributed by atoms with van der Waals surface area (Å²) in [5.74, 6) is 0.827. The minimum absolute atomic E-state index is 0.594. The van der Waals surface area contributed by atoms with Crippen molar-refractivity contribution in [1.29, 1.82) is 10.5 Å². The third kappa shape index (κ3) is 6.30. The van der Waals surface area contributed by atoms with Crippen LogP contribution < -0.4 is 5.32 Å². The van der Waals surface area contributed by atoms with Crippen LogP contribution in [0.1, 0.15) is 67.5 Å². The van der Waals surface area contributed by atoms with Crippen LogP contribution in [-0.4, -0.2) is 0 Å². The van der Waals surface area contributed by atoms with Gasteiger partial charge < -0.3 is 14.2 Å².